The van der Waals surface area contributed by atoms with E-state index < -0.39 is 0 Å². The summed E-state index contributed by atoms with van der Waals surface area (Å²) in [6.45, 7) is 6.11. The Morgan fingerprint density at radius 3 is 2.73 bits per heavy atom. The fourth-order valence-corrected chi connectivity index (χ4v) is 2.37. The third-order valence-electron chi connectivity index (χ3n) is 3.50. The molecule has 1 aromatic carbocycles. The van der Waals surface area contributed by atoms with Crippen LogP contribution in [0.4, 0.5) is 5.69 Å². The lowest BCUT2D eigenvalue weighted by atomic mass is 10.2. The standard InChI is InChI=1S/C16H24N4O.HI/c1-12(2)10-18-16(17-3)19-11-15(21)20-9-8-13-6-4-5-7-14(13)20;/h4-7,12H,8-11H2,1-3H3,(H2,17,18,19);1H. The van der Waals surface area contributed by atoms with Gasteiger partial charge in [0.15, 0.2) is 5.96 Å². The molecule has 0 saturated heterocycles. The summed E-state index contributed by atoms with van der Waals surface area (Å²) in [5.74, 6) is 1.28. The largest absolute Gasteiger partial charge is 0.356 e. The molecule has 5 nitrogen and oxygen atoms in total. The first-order chi connectivity index (χ1) is 10.1. The van der Waals surface area contributed by atoms with Crippen LogP contribution in [0.2, 0.25) is 0 Å². The molecule has 1 aromatic rings. The summed E-state index contributed by atoms with van der Waals surface area (Å²) < 4.78 is 0. The van der Waals surface area contributed by atoms with Crippen molar-refractivity contribution in [2.45, 2.75) is 20.3 Å². The van der Waals surface area contributed by atoms with E-state index in [2.05, 4.69) is 35.5 Å². The van der Waals surface area contributed by atoms with Crippen LogP contribution in [0.15, 0.2) is 29.3 Å². The second-order valence-electron chi connectivity index (χ2n) is 5.62. The van der Waals surface area contributed by atoms with Crippen LogP contribution in [0.1, 0.15) is 19.4 Å². The number of nitrogens with zero attached hydrogens (tertiary/aromatic N) is 2. The molecule has 1 amide bonds. The number of carbonyl (C=O) groups is 1. The first kappa shape index (κ1) is 18.7. The summed E-state index contributed by atoms with van der Waals surface area (Å²) >= 11 is 0. The summed E-state index contributed by atoms with van der Waals surface area (Å²) in [5.41, 5.74) is 2.28. The van der Waals surface area contributed by atoms with Gasteiger partial charge in [-0.15, -0.1) is 24.0 Å². The van der Waals surface area contributed by atoms with Gasteiger partial charge in [0.05, 0.1) is 6.54 Å². The molecule has 0 bridgehead atoms. The SMILES string of the molecule is CN=C(NCC(=O)N1CCc2ccccc21)NCC(C)C.I. The van der Waals surface area contributed by atoms with Gasteiger partial charge < -0.3 is 15.5 Å². The van der Waals surface area contributed by atoms with Gasteiger partial charge in [0.1, 0.15) is 0 Å². The van der Waals surface area contributed by atoms with Gasteiger partial charge in [-0.3, -0.25) is 9.79 Å². The molecule has 22 heavy (non-hydrogen) atoms. The number of carbonyl (C=O) groups excluding carboxylic acids is 1. The lowest BCUT2D eigenvalue weighted by Crippen LogP contribution is -2.45. The van der Waals surface area contributed by atoms with Crippen molar-refractivity contribution in [2.75, 3.05) is 31.6 Å². The number of fused-ring (bicyclic) bond motifs is 1. The monoisotopic (exact) mass is 416 g/mol. The van der Waals surface area contributed by atoms with Crippen molar-refractivity contribution in [1.29, 1.82) is 0 Å². The van der Waals surface area contributed by atoms with Gasteiger partial charge in [0.25, 0.3) is 0 Å². The predicted octanol–water partition coefficient (Wildman–Crippen LogP) is 2.01. The van der Waals surface area contributed by atoms with Crippen LogP contribution in [0.25, 0.3) is 0 Å². The van der Waals surface area contributed by atoms with Crippen LogP contribution in [-0.2, 0) is 11.2 Å². The van der Waals surface area contributed by atoms with E-state index in [0.29, 0.717) is 11.9 Å². The third-order valence-corrected chi connectivity index (χ3v) is 3.50. The van der Waals surface area contributed by atoms with Crippen LogP contribution in [0, 0.1) is 5.92 Å². The lowest BCUT2D eigenvalue weighted by molar-refractivity contribution is -0.117. The first-order valence-corrected chi connectivity index (χ1v) is 7.44. The molecule has 1 heterocycles. The van der Waals surface area contributed by atoms with Crippen molar-refractivity contribution < 1.29 is 4.79 Å². The van der Waals surface area contributed by atoms with Crippen molar-refractivity contribution in [1.82, 2.24) is 10.6 Å². The molecule has 6 heteroatoms. The van der Waals surface area contributed by atoms with Crippen molar-refractivity contribution in [2.24, 2.45) is 10.9 Å². The number of benzene rings is 1. The molecule has 0 fully saturated rings. The molecule has 0 unspecified atom stereocenters. The molecule has 0 atom stereocenters. The van der Waals surface area contributed by atoms with Gasteiger partial charge in [-0.25, -0.2) is 0 Å². The third kappa shape index (κ3) is 4.86. The number of anilines is 1. The van der Waals surface area contributed by atoms with E-state index in [1.54, 1.807) is 7.05 Å². The van der Waals surface area contributed by atoms with E-state index in [0.717, 1.165) is 25.2 Å². The Labute approximate surface area is 149 Å². The maximum Gasteiger partial charge on any atom is 0.246 e. The Hall–Kier alpha value is -1.31. The van der Waals surface area contributed by atoms with E-state index in [1.807, 2.05) is 23.1 Å². The van der Waals surface area contributed by atoms with Crippen LogP contribution >= 0.6 is 24.0 Å². The van der Waals surface area contributed by atoms with E-state index in [1.165, 1.54) is 5.56 Å². The molecule has 0 radical (unpaired) electrons. The van der Waals surface area contributed by atoms with Gasteiger partial charge in [0, 0.05) is 25.8 Å². The second kappa shape index (κ2) is 8.97. The highest BCUT2D eigenvalue weighted by Crippen LogP contribution is 2.27. The van der Waals surface area contributed by atoms with Crippen LogP contribution in [0.5, 0.6) is 0 Å². The summed E-state index contributed by atoms with van der Waals surface area (Å²) in [5, 5.41) is 6.28. The minimum Gasteiger partial charge on any atom is -0.356 e. The smallest absolute Gasteiger partial charge is 0.246 e. The van der Waals surface area contributed by atoms with Crippen molar-refractivity contribution in [3.8, 4) is 0 Å². The first-order valence-electron chi connectivity index (χ1n) is 7.44. The maximum absolute atomic E-state index is 12.3. The molecule has 0 aliphatic carbocycles. The minimum atomic E-state index is 0. The highest BCUT2D eigenvalue weighted by atomic mass is 127. The molecular weight excluding hydrogens is 391 g/mol. The van der Waals surface area contributed by atoms with E-state index in [-0.39, 0.29) is 36.4 Å². The molecular formula is C16H25IN4O. The van der Waals surface area contributed by atoms with Crippen LogP contribution in [-0.4, -0.2) is 38.5 Å². The summed E-state index contributed by atoms with van der Waals surface area (Å²) in [7, 11) is 1.71. The zero-order chi connectivity index (χ0) is 15.2. The molecule has 1 aliphatic rings. The van der Waals surface area contributed by atoms with Crippen LogP contribution < -0.4 is 15.5 Å². The average molecular weight is 416 g/mol. The molecule has 2 rings (SSSR count). The fraction of sp³-hybridized carbons (Fsp3) is 0.500. The molecule has 0 spiro atoms. The fourth-order valence-electron chi connectivity index (χ4n) is 2.37. The molecule has 0 saturated carbocycles. The number of guanidine groups is 1. The number of amides is 1. The Balaban J connectivity index is 0.00000242. The van der Waals surface area contributed by atoms with Crippen molar-refractivity contribution in [3.05, 3.63) is 29.8 Å². The number of hydrogen-bond acceptors (Lipinski definition) is 2. The zero-order valence-corrected chi connectivity index (χ0v) is 15.8. The van der Waals surface area contributed by atoms with Gasteiger partial charge in [-0.2, -0.15) is 0 Å². The summed E-state index contributed by atoms with van der Waals surface area (Å²) in [4.78, 5) is 18.3. The van der Waals surface area contributed by atoms with Gasteiger partial charge in [0.2, 0.25) is 5.91 Å². The summed E-state index contributed by atoms with van der Waals surface area (Å²) in [6.07, 6.45) is 0.933. The van der Waals surface area contributed by atoms with Gasteiger partial charge in [-0.1, -0.05) is 32.0 Å². The molecule has 1 aliphatic heterocycles. The molecule has 2 N–H and O–H groups in total. The number of nitrogens with one attached hydrogen (secondary N) is 2. The number of rotatable bonds is 4. The Kier molecular flexibility index (Phi) is 7.64. The van der Waals surface area contributed by atoms with E-state index in [9.17, 15) is 4.79 Å². The van der Waals surface area contributed by atoms with E-state index >= 15 is 0 Å². The number of aliphatic imine (C=N–C) groups is 1. The minimum absolute atomic E-state index is 0. The number of para-hydroxylation sites is 1. The topological polar surface area (TPSA) is 56.7 Å². The average Bonchev–Trinajstić information content (AvgIpc) is 2.91. The molecule has 122 valence electrons. The second-order valence-corrected chi connectivity index (χ2v) is 5.62. The summed E-state index contributed by atoms with van der Waals surface area (Å²) in [6, 6.07) is 8.08. The van der Waals surface area contributed by atoms with Crippen LogP contribution in [0.3, 0.4) is 0 Å². The Morgan fingerprint density at radius 2 is 2.05 bits per heavy atom. The highest BCUT2D eigenvalue weighted by molar-refractivity contribution is 14.0. The highest BCUT2D eigenvalue weighted by Gasteiger charge is 2.23. The quantitative estimate of drug-likeness (QED) is 0.449. The number of halogens is 1. The lowest BCUT2D eigenvalue weighted by Gasteiger charge is -2.19. The molecule has 0 aromatic heterocycles. The van der Waals surface area contributed by atoms with Gasteiger partial charge in [-0.05, 0) is 24.0 Å². The van der Waals surface area contributed by atoms with Gasteiger partial charge >= 0.3 is 0 Å². The Bertz CT molecular complexity index is 531. The normalized spacial score (nSPS) is 13.6. The predicted molar refractivity (Wildman–Crippen MR) is 102 cm³/mol. The maximum atomic E-state index is 12.3. The Morgan fingerprint density at radius 1 is 1.32 bits per heavy atom. The zero-order valence-electron chi connectivity index (χ0n) is 13.4. The van der Waals surface area contributed by atoms with Crippen molar-refractivity contribution in [3.63, 3.8) is 0 Å². The number of hydrogen-bond donors (Lipinski definition) is 2. The van der Waals surface area contributed by atoms with Crippen molar-refractivity contribution >= 4 is 41.5 Å². The van der Waals surface area contributed by atoms with E-state index in [4.69, 9.17) is 0 Å².